The van der Waals surface area contributed by atoms with Gasteiger partial charge in [-0.1, -0.05) is 42.0 Å². The number of carbonyl (C=O) groups is 2. The molecule has 0 bridgehead atoms. The second-order valence-corrected chi connectivity index (χ2v) is 8.90. The number of aliphatic hydroxyl groups excluding tert-OH is 1. The Morgan fingerprint density at radius 1 is 0.973 bits per heavy atom. The van der Waals surface area contributed by atoms with Crippen molar-refractivity contribution in [2.75, 3.05) is 0 Å². The molecule has 1 fully saturated rings. The zero-order valence-electron chi connectivity index (χ0n) is 20.1. The number of aryl methyl sites for hydroxylation is 1. The van der Waals surface area contributed by atoms with Gasteiger partial charge in [-0.15, -0.1) is 0 Å². The van der Waals surface area contributed by atoms with E-state index < -0.39 is 17.7 Å². The summed E-state index contributed by atoms with van der Waals surface area (Å²) in [5, 5.41) is 21.3. The number of hydrogen-bond donors (Lipinski definition) is 2. The Balaban J connectivity index is 1.47. The number of carbonyl (C=O) groups excluding carboxylic acids is 2. The molecular formula is C30H25NO6. The number of likely N-dealkylation sites (tertiary alicyclic amines) is 1. The number of phenols is 1. The van der Waals surface area contributed by atoms with E-state index in [1.807, 2.05) is 31.2 Å². The third-order valence-corrected chi connectivity index (χ3v) is 6.25. The number of aromatic hydroxyl groups is 1. The van der Waals surface area contributed by atoms with Gasteiger partial charge in [0.15, 0.2) is 0 Å². The quantitative estimate of drug-likeness (QED) is 0.200. The Labute approximate surface area is 213 Å². The highest BCUT2D eigenvalue weighted by Crippen LogP contribution is 2.41. The van der Waals surface area contributed by atoms with E-state index in [4.69, 9.17) is 9.15 Å². The van der Waals surface area contributed by atoms with Crippen LogP contribution in [0.4, 0.5) is 0 Å². The summed E-state index contributed by atoms with van der Waals surface area (Å²) in [7, 11) is 0. The van der Waals surface area contributed by atoms with Gasteiger partial charge in [0.25, 0.3) is 11.7 Å². The first-order valence-corrected chi connectivity index (χ1v) is 11.8. The zero-order valence-corrected chi connectivity index (χ0v) is 20.1. The maximum absolute atomic E-state index is 13.2. The predicted molar refractivity (Wildman–Crippen MR) is 137 cm³/mol. The lowest BCUT2D eigenvalue weighted by Crippen LogP contribution is -2.29. The summed E-state index contributed by atoms with van der Waals surface area (Å²) < 4.78 is 11.3. The largest absolute Gasteiger partial charge is 0.508 e. The van der Waals surface area contributed by atoms with Gasteiger partial charge in [0.1, 0.15) is 29.6 Å². The fraction of sp³-hybridized carbons (Fsp3) is 0.133. The molecule has 0 spiro atoms. The number of ether oxygens (including phenoxy) is 1. The van der Waals surface area contributed by atoms with Gasteiger partial charge in [-0.3, -0.25) is 9.59 Å². The van der Waals surface area contributed by atoms with Gasteiger partial charge in [-0.25, -0.2) is 0 Å². The lowest BCUT2D eigenvalue weighted by atomic mass is 9.95. The molecule has 0 unspecified atom stereocenters. The van der Waals surface area contributed by atoms with Gasteiger partial charge in [0.05, 0.1) is 24.4 Å². The summed E-state index contributed by atoms with van der Waals surface area (Å²) in [5.41, 5.74) is 2.98. The zero-order chi connectivity index (χ0) is 25.9. The van der Waals surface area contributed by atoms with Crippen molar-refractivity contribution in [1.82, 2.24) is 4.90 Å². The minimum atomic E-state index is -0.908. The molecule has 1 aliphatic rings. The van der Waals surface area contributed by atoms with Crippen LogP contribution in [0.1, 0.15) is 34.1 Å². The molecule has 5 rings (SSSR count). The van der Waals surface area contributed by atoms with Crippen molar-refractivity contribution in [2.24, 2.45) is 0 Å². The Hall–Kier alpha value is -4.78. The van der Waals surface area contributed by atoms with Crippen LogP contribution in [0.2, 0.25) is 0 Å². The van der Waals surface area contributed by atoms with Crippen LogP contribution in [0.3, 0.4) is 0 Å². The van der Waals surface area contributed by atoms with Gasteiger partial charge in [0, 0.05) is 5.56 Å². The molecule has 0 radical (unpaired) electrons. The monoisotopic (exact) mass is 495 g/mol. The number of Topliss-reactive ketones (excluding diaryl/α,β-unsaturated/α-hetero) is 1. The first kappa shape index (κ1) is 23.9. The number of phenolic OH excluding ortho intramolecular Hbond substituents is 1. The average Bonchev–Trinajstić information content (AvgIpc) is 3.50. The topological polar surface area (TPSA) is 100 Å². The minimum Gasteiger partial charge on any atom is -0.508 e. The molecular weight excluding hydrogens is 470 g/mol. The van der Waals surface area contributed by atoms with Crippen molar-refractivity contribution in [3.8, 4) is 11.5 Å². The third-order valence-electron chi connectivity index (χ3n) is 6.25. The average molecular weight is 496 g/mol. The van der Waals surface area contributed by atoms with Crippen molar-refractivity contribution >= 4 is 17.4 Å². The van der Waals surface area contributed by atoms with E-state index in [9.17, 15) is 19.8 Å². The normalized spacial score (nSPS) is 16.8. The maximum atomic E-state index is 13.2. The first-order valence-electron chi connectivity index (χ1n) is 11.8. The number of furan rings is 1. The number of nitrogens with zero attached hydrogens (tertiary/aromatic N) is 1. The van der Waals surface area contributed by atoms with Crippen molar-refractivity contribution in [3.63, 3.8) is 0 Å². The van der Waals surface area contributed by atoms with Crippen LogP contribution in [0.15, 0.2) is 101 Å². The molecule has 1 saturated heterocycles. The number of ketones is 1. The van der Waals surface area contributed by atoms with Crippen LogP contribution < -0.4 is 4.74 Å². The van der Waals surface area contributed by atoms with E-state index in [1.165, 1.54) is 23.3 Å². The Bertz CT molecular complexity index is 1470. The van der Waals surface area contributed by atoms with Gasteiger partial charge >= 0.3 is 0 Å². The number of hydrogen-bond acceptors (Lipinski definition) is 6. The van der Waals surface area contributed by atoms with Crippen molar-refractivity contribution in [2.45, 2.75) is 26.1 Å². The van der Waals surface area contributed by atoms with Gasteiger partial charge in [0.2, 0.25) is 0 Å². The molecule has 2 N–H and O–H groups in total. The van der Waals surface area contributed by atoms with E-state index >= 15 is 0 Å². The molecule has 7 heteroatoms. The van der Waals surface area contributed by atoms with Crippen LogP contribution in [-0.4, -0.2) is 26.8 Å². The SMILES string of the molecule is Cc1cccc(COc2ccc(/C(O)=C3\C(=O)C(=O)N(Cc4ccco4)[C@@H]3c3cccc(O)c3)cc2)c1. The second-order valence-electron chi connectivity index (χ2n) is 8.90. The molecule has 1 atom stereocenters. The summed E-state index contributed by atoms with van der Waals surface area (Å²) >= 11 is 0. The molecule has 1 aliphatic heterocycles. The molecule has 0 saturated carbocycles. The number of benzene rings is 3. The molecule has 1 aromatic heterocycles. The number of aliphatic hydroxyl groups is 1. The highest BCUT2D eigenvalue weighted by molar-refractivity contribution is 6.46. The lowest BCUT2D eigenvalue weighted by molar-refractivity contribution is -0.140. The minimum absolute atomic E-state index is 0.0174. The van der Waals surface area contributed by atoms with Crippen LogP contribution >= 0.6 is 0 Å². The standard InChI is InChI=1S/C30H25NO6/c1-19-5-2-6-20(15-19)18-37-24-12-10-21(11-13-24)28(33)26-27(22-7-3-8-23(32)16-22)31(30(35)29(26)34)17-25-9-4-14-36-25/h2-16,27,32-33H,17-18H2,1H3/b28-26+/t27-/m1/s1. The van der Waals surface area contributed by atoms with Crippen LogP contribution in [0.25, 0.3) is 5.76 Å². The molecule has 7 nitrogen and oxygen atoms in total. The van der Waals surface area contributed by atoms with Gasteiger partial charge in [-0.2, -0.15) is 0 Å². The molecule has 1 amide bonds. The number of rotatable bonds is 7. The molecule has 186 valence electrons. The van der Waals surface area contributed by atoms with Gasteiger partial charge < -0.3 is 24.3 Å². The Kier molecular flexibility index (Phi) is 6.51. The smallest absolute Gasteiger partial charge is 0.296 e. The van der Waals surface area contributed by atoms with Crippen molar-refractivity contribution in [1.29, 1.82) is 0 Å². The van der Waals surface area contributed by atoms with E-state index in [-0.39, 0.29) is 23.6 Å². The summed E-state index contributed by atoms with van der Waals surface area (Å²) in [6.07, 6.45) is 1.48. The highest BCUT2D eigenvalue weighted by atomic mass is 16.5. The summed E-state index contributed by atoms with van der Waals surface area (Å²) in [4.78, 5) is 27.5. The molecule has 4 aromatic rings. The highest BCUT2D eigenvalue weighted by Gasteiger charge is 2.46. The predicted octanol–water partition coefficient (Wildman–Crippen LogP) is 5.49. The van der Waals surface area contributed by atoms with Crippen LogP contribution in [0, 0.1) is 6.92 Å². The lowest BCUT2D eigenvalue weighted by Gasteiger charge is -2.24. The number of amides is 1. The van der Waals surface area contributed by atoms with E-state index in [0.717, 1.165) is 11.1 Å². The van der Waals surface area contributed by atoms with Crippen LogP contribution in [-0.2, 0) is 22.7 Å². The third kappa shape index (κ3) is 4.97. The molecule has 0 aliphatic carbocycles. The molecule has 37 heavy (non-hydrogen) atoms. The fourth-order valence-corrected chi connectivity index (χ4v) is 4.49. The molecule has 2 heterocycles. The Morgan fingerprint density at radius 2 is 1.76 bits per heavy atom. The molecule has 3 aromatic carbocycles. The van der Waals surface area contributed by atoms with Crippen LogP contribution in [0.5, 0.6) is 11.5 Å². The van der Waals surface area contributed by atoms with E-state index in [1.54, 1.807) is 48.5 Å². The van der Waals surface area contributed by atoms with E-state index in [0.29, 0.717) is 29.2 Å². The first-order chi connectivity index (χ1) is 17.9. The van der Waals surface area contributed by atoms with Crippen molar-refractivity contribution in [3.05, 3.63) is 125 Å². The fourth-order valence-electron chi connectivity index (χ4n) is 4.49. The summed E-state index contributed by atoms with van der Waals surface area (Å²) in [5.74, 6) is -0.806. The summed E-state index contributed by atoms with van der Waals surface area (Å²) in [6, 6.07) is 23.5. The second kappa shape index (κ2) is 10.1. The van der Waals surface area contributed by atoms with E-state index in [2.05, 4.69) is 0 Å². The Morgan fingerprint density at radius 3 is 2.46 bits per heavy atom. The van der Waals surface area contributed by atoms with Crippen molar-refractivity contribution < 1.29 is 29.0 Å². The summed E-state index contributed by atoms with van der Waals surface area (Å²) in [6.45, 7) is 2.44. The van der Waals surface area contributed by atoms with Gasteiger partial charge in [-0.05, 0) is 66.6 Å². The maximum Gasteiger partial charge on any atom is 0.296 e.